The maximum Gasteiger partial charge on any atom is 0.142 e. The Balaban J connectivity index is 2.96. The van der Waals surface area contributed by atoms with Gasteiger partial charge in [0.2, 0.25) is 0 Å². The zero-order valence-electron chi connectivity index (χ0n) is 7.82. The fourth-order valence-electron chi connectivity index (χ4n) is 1.25. The highest BCUT2D eigenvalue weighted by Gasteiger charge is 2.07. The Kier molecular flexibility index (Phi) is 3.70. The molecule has 0 aliphatic heterocycles. The normalized spacial score (nSPS) is 10.5. The van der Waals surface area contributed by atoms with E-state index in [1.54, 1.807) is 6.07 Å². The van der Waals surface area contributed by atoms with E-state index in [1.807, 2.05) is 14.0 Å². The second-order valence-corrected chi connectivity index (χ2v) is 3.39. The van der Waals surface area contributed by atoms with Crippen LogP contribution in [-0.2, 0) is 6.42 Å². The monoisotopic (exact) mass is 201 g/mol. The molecule has 0 aliphatic carbocycles. The van der Waals surface area contributed by atoms with Crippen LogP contribution in [0.25, 0.3) is 0 Å². The van der Waals surface area contributed by atoms with Gasteiger partial charge in [0.1, 0.15) is 5.82 Å². The van der Waals surface area contributed by atoms with Crippen LogP contribution in [0.2, 0.25) is 5.02 Å². The number of rotatable bonds is 3. The Bertz CT molecular complexity index is 299. The number of likely N-dealkylation sites (N-methyl/N-ethyl adjacent to an activating group) is 1. The Morgan fingerprint density at radius 2 is 2.15 bits per heavy atom. The van der Waals surface area contributed by atoms with E-state index in [4.69, 9.17) is 11.6 Å². The van der Waals surface area contributed by atoms with Gasteiger partial charge in [-0.05, 0) is 44.1 Å². The van der Waals surface area contributed by atoms with Crippen molar-refractivity contribution in [3.05, 3.63) is 34.1 Å². The minimum absolute atomic E-state index is 0.259. The summed E-state index contributed by atoms with van der Waals surface area (Å²) in [6.07, 6.45) is 0.763. The zero-order chi connectivity index (χ0) is 9.84. The van der Waals surface area contributed by atoms with Gasteiger partial charge in [-0.25, -0.2) is 4.39 Å². The molecule has 0 amide bonds. The lowest BCUT2D eigenvalue weighted by atomic mass is 10.1. The summed E-state index contributed by atoms with van der Waals surface area (Å²) in [4.78, 5) is 0. The third kappa shape index (κ3) is 2.42. The van der Waals surface area contributed by atoms with E-state index in [0.717, 1.165) is 24.1 Å². The molecule has 0 heterocycles. The van der Waals surface area contributed by atoms with E-state index >= 15 is 0 Å². The minimum atomic E-state index is -0.335. The number of benzene rings is 1. The lowest BCUT2D eigenvalue weighted by Crippen LogP contribution is -2.11. The van der Waals surface area contributed by atoms with Gasteiger partial charge in [0.05, 0.1) is 5.02 Å². The Morgan fingerprint density at radius 3 is 2.77 bits per heavy atom. The molecule has 1 aromatic carbocycles. The van der Waals surface area contributed by atoms with Gasteiger partial charge in [-0.1, -0.05) is 17.7 Å². The van der Waals surface area contributed by atoms with Crippen LogP contribution in [0.1, 0.15) is 11.1 Å². The molecule has 0 saturated heterocycles. The van der Waals surface area contributed by atoms with Crippen LogP contribution >= 0.6 is 11.6 Å². The first-order valence-electron chi connectivity index (χ1n) is 4.25. The van der Waals surface area contributed by atoms with Crippen molar-refractivity contribution < 1.29 is 4.39 Å². The Hall–Kier alpha value is -0.600. The quantitative estimate of drug-likeness (QED) is 0.793. The number of nitrogens with one attached hydrogen (secondary N) is 1. The average Bonchev–Trinajstić information content (AvgIpc) is 2.12. The number of aryl methyl sites for hydroxylation is 1. The fraction of sp³-hybridized carbons (Fsp3) is 0.400. The van der Waals surface area contributed by atoms with Crippen LogP contribution in [0.5, 0.6) is 0 Å². The molecule has 1 rings (SSSR count). The summed E-state index contributed by atoms with van der Waals surface area (Å²) < 4.78 is 13.0. The van der Waals surface area contributed by atoms with Crippen molar-refractivity contribution in [2.45, 2.75) is 13.3 Å². The van der Waals surface area contributed by atoms with Crippen LogP contribution in [0, 0.1) is 12.7 Å². The molecule has 0 unspecified atom stereocenters. The lowest BCUT2D eigenvalue weighted by Gasteiger charge is -2.08. The van der Waals surface area contributed by atoms with Crippen molar-refractivity contribution in [3.63, 3.8) is 0 Å². The van der Waals surface area contributed by atoms with Gasteiger partial charge in [0, 0.05) is 0 Å². The summed E-state index contributed by atoms with van der Waals surface area (Å²) in [6.45, 7) is 2.75. The minimum Gasteiger partial charge on any atom is -0.319 e. The second-order valence-electron chi connectivity index (χ2n) is 3.01. The summed E-state index contributed by atoms with van der Waals surface area (Å²) >= 11 is 5.83. The van der Waals surface area contributed by atoms with Gasteiger partial charge in [0.15, 0.2) is 0 Å². The smallest absolute Gasteiger partial charge is 0.142 e. The Labute approximate surface area is 82.9 Å². The highest BCUT2D eigenvalue weighted by atomic mass is 35.5. The Morgan fingerprint density at radius 1 is 1.46 bits per heavy atom. The zero-order valence-corrected chi connectivity index (χ0v) is 8.58. The summed E-state index contributed by atoms with van der Waals surface area (Å²) in [7, 11) is 1.86. The molecular weight excluding hydrogens is 189 g/mol. The van der Waals surface area contributed by atoms with Crippen molar-refractivity contribution in [2.24, 2.45) is 0 Å². The summed E-state index contributed by atoms with van der Waals surface area (Å²) in [6, 6.07) is 3.16. The van der Waals surface area contributed by atoms with Crippen molar-refractivity contribution in [1.29, 1.82) is 0 Å². The van der Waals surface area contributed by atoms with Gasteiger partial charge >= 0.3 is 0 Å². The van der Waals surface area contributed by atoms with Crippen molar-refractivity contribution in [2.75, 3.05) is 13.6 Å². The van der Waals surface area contributed by atoms with E-state index in [0.29, 0.717) is 0 Å². The largest absolute Gasteiger partial charge is 0.319 e. The van der Waals surface area contributed by atoms with Crippen molar-refractivity contribution >= 4 is 11.6 Å². The maximum atomic E-state index is 13.0. The first-order valence-corrected chi connectivity index (χ1v) is 4.62. The van der Waals surface area contributed by atoms with E-state index in [-0.39, 0.29) is 10.8 Å². The second kappa shape index (κ2) is 4.58. The van der Waals surface area contributed by atoms with E-state index < -0.39 is 0 Å². The van der Waals surface area contributed by atoms with Crippen LogP contribution in [0.4, 0.5) is 4.39 Å². The average molecular weight is 202 g/mol. The molecule has 0 saturated carbocycles. The standard InChI is InChI=1S/C10H13ClFN/c1-7-3-4-9(12)10(11)8(7)5-6-13-2/h3-4,13H,5-6H2,1-2H3. The molecule has 0 aliphatic rings. The molecule has 72 valence electrons. The van der Waals surface area contributed by atoms with Crippen molar-refractivity contribution in [3.8, 4) is 0 Å². The van der Waals surface area contributed by atoms with Crippen LogP contribution in [0.15, 0.2) is 12.1 Å². The van der Waals surface area contributed by atoms with Crippen molar-refractivity contribution in [1.82, 2.24) is 5.32 Å². The molecule has 0 atom stereocenters. The van der Waals surface area contributed by atoms with E-state index in [1.165, 1.54) is 6.07 Å². The molecule has 0 bridgehead atoms. The molecule has 0 spiro atoms. The summed E-state index contributed by atoms with van der Waals surface area (Å²) in [5.41, 5.74) is 1.94. The van der Waals surface area contributed by atoms with Crippen LogP contribution in [-0.4, -0.2) is 13.6 Å². The SMILES string of the molecule is CNCCc1c(C)ccc(F)c1Cl. The molecule has 1 nitrogen and oxygen atoms in total. The van der Waals surface area contributed by atoms with Crippen LogP contribution < -0.4 is 5.32 Å². The summed E-state index contributed by atoms with van der Waals surface area (Å²) in [5, 5.41) is 3.27. The molecular formula is C10H13ClFN. The number of hydrogen-bond donors (Lipinski definition) is 1. The van der Waals surface area contributed by atoms with Gasteiger partial charge in [-0.2, -0.15) is 0 Å². The first-order chi connectivity index (χ1) is 6.16. The molecule has 1 N–H and O–H groups in total. The number of hydrogen-bond acceptors (Lipinski definition) is 1. The first kappa shape index (κ1) is 10.5. The number of halogens is 2. The predicted molar refractivity (Wildman–Crippen MR) is 53.8 cm³/mol. The van der Waals surface area contributed by atoms with E-state index in [2.05, 4.69) is 5.32 Å². The molecule has 0 aromatic heterocycles. The topological polar surface area (TPSA) is 12.0 Å². The highest BCUT2D eigenvalue weighted by Crippen LogP contribution is 2.23. The fourth-order valence-corrected chi connectivity index (χ4v) is 1.55. The van der Waals surface area contributed by atoms with Gasteiger partial charge in [-0.15, -0.1) is 0 Å². The molecule has 3 heteroatoms. The highest BCUT2D eigenvalue weighted by molar-refractivity contribution is 6.31. The molecule has 0 radical (unpaired) electrons. The predicted octanol–water partition coefficient (Wildman–Crippen LogP) is 2.55. The van der Waals surface area contributed by atoms with Gasteiger partial charge < -0.3 is 5.32 Å². The third-order valence-electron chi connectivity index (χ3n) is 2.06. The van der Waals surface area contributed by atoms with E-state index in [9.17, 15) is 4.39 Å². The molecule has 13 heavy (non-hydrogen) atoms. The molecule has 1 aromatic rings. The maximum absolute atomic E-state index is 13.0. The third-order valence-corrected chi connectivity index (χ3v) is 2.46. The van der Waals surface area contributed by atoms with Gasteiger partial charge in [0.25, 0.3) is 0 Å². The van der Waals surface area contributed by atoms with Crippen LogP contribution in [0.3, 0.4) is 0 Å². The van der Waals surface area contributed by atoms with Gasteiger partial charge in [-0.3, -0.25) is 0 Å². The lowest BCUT2D eigenvalue weighted by molar-refractivity contribution is 0.624. The molecule has 0 fully saturated rings. The summed E-state index contributed by atoms with van der Waals surface area (Å²) in [5.74, 6) is -0.335.